The number of unbranched alkanes of at least 4 members (excludes halogenated alkanes) is 2. The van der Waals surface area contributed by atoms with Crippen molar-refractivity contribution in [3.8, 4) is 0 Å². The van der Waals surface area contributed by atoms with Gasteiger partial charge in [0.15, 0.2) is 5.15 Å². The number of carbonyl (C=O) groups is 1. The third kappa shape index (κ3) is 5.19. The minimum atomic E-state index is -0.377. The molecule has 0 unspecified atom stereocenters. The summed E-state index contributed by atoms with van der Waals surface area (Å²) in [6.45, 7) is 2.35. The first kappa shape index (κ1) is 16.6. The fourth-order valence-electron chi connectivity index (χ4n) is 1.71. The first-order chi connectivity index (χ1) is 10.7. The van der Waals surface area contributed by atoms with Crippen molar-refractivity contribution in [1.29, 1.82) is 0 Å². The summed E-state index contributed by atoms with van der Waals surface area (Å²) >= 11 is 7.25. The molecule has 0 aromatic carbocycles. The van der Waals surface area contributed by atoms with Crippen LogP contribution in [0.3, 0.4) is 0 Å². The number of carbonyl (C=O) groups excluding carboxylic acids is 1. The zero-order valence-electron chi connectivity index (χ0n) is 12.2. The van der Waals surface area contributed by atoms with Crippen LogP contribution in [0.25, 0.3) is 0 Å². The van der Waals surface area contributed by atoms with Gasteiger partial charge in [-0.2, -0.15) is 0 Å². The Hall–Kier alpha value is -1.80. The van der Waals surface area contributed by atoms with Crippen molar-refractivity contribution in [2.24, 2.45) is 0 Å². The highest BCUT2D eigenvalue weighted by Crippen LogP contribution is 2.17. The van der Waals surface area contributed by atoms with Gasteiger partial charge in [-0.25, -0.2) is 9.78 Å². The maximum Gasteiger partial charge on any atom is 0.321 e. The van der Waals surface area contributed by atoms with Crippen LogP contribution in [0.4, 0.5) is 9.93 Å². The molecule has 2 aromatic rings. The van der Waals surface area contributed by atoms with Crippen molar-refractivity contribution in [2.45, 2.75) is 39.2 Å². The van der Waals surface area contributed by atoms with E-state index in [0.717, 1.165) is 24.3 Å². The highest BCUT2D eigenvalue weighted by molar-refractivity contribution is 7.15. The summed E-state index contributed by atoms with van der Waals surface area (Å²) in [6, 6.07) is -0.377. The Labute approximate surface area is 137 Å². The van der Waals surface area contributed by atoms with Gasteiger partial charge < -0.3 is 5.32 Å². The van der Waals surface area contributed by atoms with Gasteiger partial charge in [0.05, 0.1) is 12.2 Å². The van der Waals surface area contributed by atoms with Gasteiger partial charge in [-0.05, 0) is 6.42 Å². The van der Waals surface area contributed by atoms with Gasteiger partial charge in [-0.1, -0.05) is 42.7 Å². The van der Waals surface area contributed by atoms with Crippen molar-refractivity contribution in [3.63, 3.8) is 0 Å². The van der Waals surface area contributed by atoms with Gasteiger partial charge in [0.25, 0.3) is 0 Å². The molecule has 0 radical (unpaired) electrons. The molecule has 0 atom stereocenters. The normalized spacial score (nSPS) is 10.5. The molecule has 2 N–H and O–H groups in total. The Morgan fingerprint density at radius 2 is 2.09 bits per heavy atom. The largest absolute Gasteiger partial charge is 0.332 e. The van der Waals surface area contributed by atoms with Gasteiger partial charge in [-0.15, -0.1) is 10.2 Å². The van der Waals surface area contributed by atoms with E-state index in [0.29, 0.717) is 10.8 Å². The van der Waals surface area contributed by atoms with Crippen LogP contribution in [0.15, 0.2) is 12.4 Å². The smallest absolute Gasteiger partial charge is 0.321 e. The van der Waals surface area contributed by atoms with Crippen LogP contribution in [-0.2, 0) is 13.0 Å². The lowest BCUT2D eigenvalue weighted by Gasteiger charge is -2.05. The van der Waals surface area contributed by atoms with E-state index in [-0.39, 0.29) is 17.7 Å². The first-order valence-electron chi connectivity index (χ1n) is 7.01. The average Bonchev–Trinajstić information content (AvgIpc) is 2.94. The van der Waals surface area contributed by atoms with Crippen molar-refractivity contribution < 1.29 is 4.79 Å². The second kappa shape index (κ2) is 8.60. The number of amides is 2. The molecule has 0 saturated heterocycles. The van der Waals surface area contributed by atoms with Crippen molar-refractivity contribution >= 4 is 34.1 Å². The zero-order valence-corrected chi connectivity index (χ0v) is 13.7. The predicted molar refractivity (Wildman–Crippen MR) is 86.0 cm³/mol. The molecule has 0 bridgehead atoms. The van der Waals surface area contributed by atoms with Gasteiger partial charge in [-0.3, -0.25) is 10.3 Å². The molecule has 0 spiro atoms. The van der Waals surface area contributed by atoms with E-state index in [1.54, 1.807) is 0 Å². The summed E-state index contributed by atoms with van der Waals surface area (Å²) in [5.74, 6) is 0. The number of rotatable bonds is 7. The van der Waals surface area contributed by atoms with Crippen molar-refractivity contribution in [1.82, 2.24) is 25.5 Å². The molecule has 0 fully saturated rings. The van der Waals surface area contributed by atoms with E-state index in [4.69, 9.17) is 11.6 Å². The molecule has 22 heavy (non-hydrogen) atoms. The topological polar surface area (TPSA) is 92.7 Å². The number of nitrogens with one attached hydrogen (secondary N) is 2. The highest BCUT2D eigenvalue weighted by Gasteiger charge is 2.09. The van der Waals surface area contributed by atoms with Crippen LogP contribution in [-0.4, -0.2) is 26.2 Å². The summed E-state index contributed by atoms with van der Waals surface area (Å²) in [4.78, 5) is 19.7. The van der Waals surface area contributed by atoms with Gasteiger partial charge in [0.2, 0.25) is 5.13 Å². The Morgan fingerprint density at radius 1 is 1.27 bits per heavy atom. The fraction of sp³-hybridized carbons (Fsp3) is 0.462. The Morgan fingerprint density at radius 3 is 2.86 bits per heavy atom. The molecule has 9 heteroatoms. The van der Waals surface area contributed by atoms with E-state index in [2.05, 4.69) is 37.7 Å². The number of hydrogen-bond acceptors (Lipinski definition) is 6. The van der Waals surface area contributed by atoms with Crippen molar-refractivity contribution in [2.75, 3.05) is 5.32 Å². The van der Waals surface area contributed by atoms with Crippen molar-refractivity contribution in [3.05, 3.63) is 28.2 Å². The molecule has 0 aliphatic rings. The molecule has 0 saturated carbocycles. The van der Waals surface area contributed by atoms with Gasteiger partial charge in [0.1, 0.15) is 5.01 Å². The highest BCUT2D eigenvalue weighted by atomic mass is 35.5. The molecule has 2 amide bonds. The van der Waals surface area contributed by atoms with Crippen LogP contribution >= 0.6 is 22.9 Å². The summed E-state index contributed by atoms with van der Waals surface area (Å²) in [6.07, 6.45) is 7.33. The summed E-state index contributed by atoms with van der Waals surface area (Å²) in [5, 5.41) is 15.0. The Kier molecular flexibility index (Phi) is 6.47. The lowest BCUT2D eigenvalue weighted by atomic mass is 10.2. The third-order valence-corrected chi connectivity index (χ3v) is 4.04. The molecule has 0 aliphatic heterocycles. The van der Waals surface area contributed by atoms with Crippen LogP contribution < -0.4 is 10.6 Å². The maximum absolute atomic E-state index is 11.8. The minimum Gasteiger partial charge on any atom is -0.332 e. The standard InChI is InChI=1S/C13H17ClN6OS/c1-2-3-4-5-10-19-20-13(22-10)18-12(21)17-8-9-11(14)16-7-6-15-9/h6-7H,2-5,8H2,1H3,(H2,17,18,20,21). The Bertz CT molecular complexity index is 620. The number of nitrogens with zero attached hydrogens (tertiary/aromatic N) is 4. The molecule has 2 heterocycles. The molecular weight excluding hydrogens is 324 g/mol. The summed E-state index contributed by atoms with van der Waals surface area (Å²) in [7, 11) is 0. The minimum absolute atomic E-state index is 0.195. The fourth-order valence-corrected chi connectivity index (χ4v) is 2.65. The lowest BCUT2D eigenvalue weighted by molar-refractivity contribution is 0.251. The molecule has 0 aliphatic carbocycles. The monoisotopic (exact) mass is 340 g/mol. The van der Waals surface area contributed by atoms with E-state index in [1.165, 1.54) is 30.2 Å². The maximum atomic E-state index is 11.8. The summed E-state index contributed by atoms with van der Waals surface area (Å²) < 4.78 is 0. The van der Waals surface area contributed by atoms with E-state index in [1.807, 2.05) is 0 Å². The summed E-state index contributed by atoms with van der Waals surface area (Å²) in [5.41, 5.74) is 0.511. The second-order valence-corrected chi connectivity index (χ2v) is 5.98. The molecule has 7 nitrogen and oxygen atoms in total. The average molecular weight is 341 g/mol. The third-order valence-electron chi connectivity index (χ3n) is 2.82. The number of halogens is 1. The quantitative estimate of drug-likeness (QED) is 0.756. The number of aromatic nitrogens is 4. The zero-order chi connectivity index (χ0) is 15.8. The second-order valence-electron chi connectivity index (χ2n) is 4.56. The molecule has 2 rings (SSSR count). The number of urea groups is 1. The predicted octanol–water partition coefficient (Wildman–Crippen LogP) is 3.04. The van der Waals surface area contributed by atoms with Gasteiger partial charge >= 0.3 is 6.03 Å². The molecular formula is C13H17ClN6OS. The van der Waals surface area contributed by atoms with Crippen LogP contribution in [0.2, 0.25) is 5.15 Å². The van der Waals surface area contributed by atoms with Crippen LogP contribution in [0.5, 0.6) is 0 Å². The first-order valence-corrected chi connectivity index (χ1v) is 8.21. The van der Waals surface area contributed by atoms with Crippen LogP contribution in [0, 0.1) is 0 Å². The number of hydrogen-bond donors (Lipinski definition) is 2. The van der Waals surface area contributed by atoms with Crippen LogP contribution in [0.1, 0.15) is 36.9 Å². The number of anilines is 1. The SMILES string of the molecule is CCCCCc1nnc(NC(=O)NCc2nccnc2Cl)s1. The van der Waals surface area contributed by atoms with E-state index < -0.39 is 0 Å². The lowest BCUT2D eigenvalue weighted by Crippen LogP contribution is -2.28. The molecule has 118 valence electrons. The molecule has 2 aromatic heterocycles. The Balaban J connectivity index is 1.78. The van der Waals surface area contributed by atoms with E-state index in [9.17, 15) is 4.79 Å². The van der Waals surface area contributed by atoms with Gasteiger partial charge in [0, 0.05) is 18.8 Å². The number of aryl methyl sites for hydroxylation is 1. The van der Waals surface area contributed by atoms with E-state index >= 15 is 0 Å².